The summed E-state index contributed by atoms with van der Waals surface area (Å²) in [6, 6.07) is 0.309. The average molecular weight is 160 g/mol. The first kappa shape index (κ1) is 10.4. The van der Waals surface area contributed by atoms with Gasteiger partial charge >= 0.3 is 0 Å². The first-order valence-corrected chi connectivity index (χ1v) is 3.78. The van der Waals surface area contributed by atoms with E-state index in [9.17, 15) is 4.79 Å². The summed E-state index contributed by atoms with van der Waals surface area (Å²) in [6.45, 7) is 4.24. The Hall–Kier alpha value is -0.610. The number of carbonyl (C=O) groups is 1. The topological polar surface area (TPSA) is 75.3 Å². The molecule has 4 N–H and O–H groups in total. The van der Waals surface area contributed by atoms with Crippen molar-refractivity contribution in [2.75, 3.05) is 6.54 Å². The van der Waals surface area contributed by atoms with E-state index in [1.165, 1.54) is 0 Å². The van der Waals surface area contributed by atoms with Crippen molar-refractivity contribution in [2.45, 2.75) is 32.4 Å². The van der Waals surface area contributed by atoms with Gasteiger partial charge in [0.25, 0.3) is 0 Å². The van der Waals surface area contributed by atoms with Crippen molar-refractivity contribution in [3.8, 4) is 0 Å². The van der Waals surface area contributed by atoms with Crippen LogP contribution in [0.3, 0.4) is 0 Å². The van der Waals surface area contributed by atoms with Gasteiger partial charge in [-0.2, -0.15) is 0 Å². The minimum Gasteiger partial charge on any atom is -0.382 e. The Morgan fingerprint density at radius 1 is 1.73 bits per heavy atom. The van der Waals surface area contributed by atoms with E-state index >= 15 is 0 Å². The van der Waals surface area contributed by atoms with Crippen LogP contribution in [0.5, 0.6) is 0 Å². The summed E-state index contributed by atoms with van der Waals surface area (Å²) in [5.41, 5.74) is 4.83. The first-order chi connectivity index (χ1) is 5.07. The highest BCUT2D eigenvalue weighted by atomic mass is 16.3. The normalized spacial score (nSPS) is 15.9. The summed E-state index contributed by atoms with van der Waals surface area (Å²) in [5.74, 6) is -0.680. The molecule has 0 aromatic rings. The first-order valence-electron chi connectivity index (χ1n) is 3.78. The Balaban J connectivity index is 3.45. The van der Waals surface area contributed by atoms with Crippen molar-refractivity contribution >= 4 is 5.91 Å². The lowest BCUT2D eigenvalue weighted by molar-refractivity contribution is -0.125. The number of aliphatic hydroxyl groups is 1. The highest BCUT2D eigenvalue weighted by Crippen LogP contribution is 1.87. The molecule has 0 fully saturated rings. The molecule has 66 valence electrons. The van der Waals surface area contributed by atoms with Crippen LogP contribution in [0.25, 0.3) is 0 Å². The molecular formula is C7H16N2O2. The number of primary amides is 1. The SMILES string of the molecule is CCC(C)NC[C@H](O)C(N)=O. The molecule has 0 aliphatic rings. The largest absolute Gasteiger partial charge is 0.382 e. The zero-order chi connectivity index (χ0) is 8.85. The Labute approximate surface area is 66.8 Å². The minimum absolute atomic E-state index is 0.240. The third kappa shape index (κ3) is 4.75. The van der Waals surface area contributed by atoms with Gasteiger partial charge in [0.05, 0.1) is 0 Å². The molecular weight excluding hydrogens is 144 g/mol. The van der Waals surface area contributed by atoms with Crippen LogP contribution in [0.15, 0.2) is 0 Å². The van der Waals surface area contributed by atoms with E-state index in [-0.39, 0.29) is 6.54 Å². The van der Waals surface area contributed by atoms with Crippen molar-refractivity contribution in [3.05, 3.63) is 0 Å². The van der Waals surface area contributed by atoms with Gasteiger partial charge in [0.1, 0.15) is 6.10 Å². The monoisotopic (exact) mass is 160 g/mol. The predicted molar refractivity (Wildman–Crippen MR) is 43.0 cm³/mol. The number of hydrogen-bond donors (Lipinski definition) is 3. The van der Waals surface area contributed by atoms with Crippen molar-refractivity contribution in [3.63, 3.8) is 0 Å². The van der Waals surface area contributed by atoms with Crippen LogP contribution in [0.2, 0.25) is 0 Å². The lowest BCUT2D eigenvalue weighted by atomic mass is 10.2. The molecule has 4 nitrogen and oxygen atoms in total. The summed E-state index contributed by atoms with van der Waals surface area (Å²) < 4.78 is 0. The summed E-state index contributed by atoms with van der Waals surface area (Å²) in [4.78, 5) is 10.3. The molecule has 0 aliphatic heterocycles. The second kappa shape index (κ2) is 5.09. The third-order valence-corrected chi connectivity index (χ3v) is 1.60. The number of carbonyl (C=O) groups excluding carboxylic acids is 1. The fourth-order valence-corrected chi connectivity index (χ4v) is 0.558. The maximum Gasteiger partial charge on any atom is 0.247 e. The van der Waals surface area contributed by atoms with Gasteiger partial charge in [0, 0.05) is 12.6 Å². The number of aliphatic hydroxyl groups excluding tert-OH is 1. The van der Waals surface area contributed by atoms with Gasteiger partial charge in [-0.25, -0.2) is 0 Å². The van der Waals surface area contributed by atoms with Gasteiger partial charge in [0.2, 0.25) is 5.91 Å². The number of rotatable bonds is 5. The molecule has 0 saturated carbocycles. The smallest absolute Gasteiger partial charge is 0.247 e. The van der Waals surface area contributed by atoms with E-state index < -0.39 is 12.0 Å². The standard InChI is InChI=1S/C7H16N2O2/c1-3-5(2)9-4-6(10)7(8)11/h5-6,9-10H,3-4H2,1-2H3,(H2,8,11)/t5?,6-/m0/s1. The van der Waals surface area contributed by atoms with Gasteiger partial charge in [-0.15, -0.1) is 0 Å². The molecule has 0 bridgehead atoms. The summed E-state index contributed by atoms with van der Waals surface area (Å²) in [6.07, 6.45) is -0.102. The Kier molecular flexibility index (Phi) is 4.81. The predicted octanol–water partition coefficient (Wildman–Crippen LogP) is -0.779. The number of amides is 1. The van der Waals surface area contributed by atoms with Crippen LogP contribution in [0.4, 0.5) is 0 Å². The highest BCUT2D eigenvalue weighted by molar-refractivity contribution is 5.78. The van der Waals surface area contributed by atoms with E-state index in [4.69, 9.17) is 10.8 Å². The lowest BCUT2D eigenvalue weighted by Crippen LogP contribution is -2.40. The molecule has 0 radical (unpaired) electrons. The molecule has 0 aromatic carbocycles. The molecule has 2 atom stereocenters. The van der Waals surface area contributed by atoms with Crippen LogP contribution < -0.4 is 11.1 Å². The molecule has 0 aliphatic carbocycles. The maximum absolute atomic E-state index is 10.3. The molecule has 0 rings (SSSR count). The molecule has 4 heteroatoms. The van der Waals surface area contributed by atoms with E-state index in [0.717, 1.165) is 6.42 Å². The Morgan fingerprint density at radius 3 is 2.64 bits per heavy atom. The Bertz CT molecular complexity index is 128. The van der Waals surface area contributed by atoms with Crippen molar-refractivity contribution in [1.29, 1.82) is 0 Å². The fourth-order valence-electron chi connectivity index (χ4n) is 0.558. The van der Waals surface area contributed by atoms with E-state index in [1.807, 2.05) is 13.8 Å². The molecule has 1 amide bonds. The molecule has 11 heavy (non-hydrogen) atoms. The molecule has 0 aromatic heterocycles. The van der Waals surface area contributed by atoms with Gasteiger partial charge in [-0.05, 0) is 13.3 Å². The minimum atomic E-state index is -1.07. The zero-order valence-electron chi connectivity index (χ0n) is 7.00. The summed E-state index contributed by atoms with van der Waals surface area (Å²) >= 11 is 0. The second-order valence-electron chi connectivity index (χ2n) is 2.64. The zero-order valence-corrected chi connectivity index (χ0v) is 7.00. The van der Waals surface area contributed by atoms with E-state index in [2.05, 4.69) is 5.32 Å². The van der Waals surface area contributed by atoms with Crippen molar-refractivity contribution in [1.82, 2.24) is 5.32 Å². The molecule has 0 spiro atoms. The lowest BCUT2D eigenvalue weighted by Gasteiger charge is -2.12. The maximum atomic E-state index is 10.3. The molecule has 0 saturated heterocycles. The second-order valence-corrected chi connectivity index (χ2v) is 2.64. The van der Waals surface area contributed by atoms with Crippen molar-refractivity contribution in [2.24, 2.45) is 5.73 Å². The van der Waals surface area contributed by atoms with E-state index in [1.54, 1.807) is 0 Å². The van der Waals surface area contributed by atoms with Gasteiger partial charge < -0.3 is 16.2 Å². The van der Waals surface area contributed by atoms with Crippen LogP contribution in [-0.4, -0.2) is 29.7 Å². The summed E-state index contributed by atoms with van der Waals surface area (Å²) in [5, 5.41) is 11.9. The number of nitrogens with two attached hydrogens (primary N) is 1. The highest BCUT2D eigenvalue weighted by Gasteiger charge is 2.10. The fraction of sp³-hybridized carbons (Fsp3) is 0.857. The van der Waals surface area contributed by atoms with Gasteiger partial charge in [-0.3, -0.25) is 4.79 Å². The molecule has 0 heterocycles. The van der Waals surface area contributed by atoms with Gasteiger partial charge in [0.15, 0.2) is 0 Å². The Morgan fingerprint density at radius 2 is 2.27 bits per heavy atom. The van der Waals surface area contributed by atoms with E-state index in [0.29, 0.717) is 6.04 Å². The van der Waals surface area contributed by atoms with Crippen LogP contribution in [0.1, 0.15) is 20.3 Å². The van der Waals surface area contributed by atoms with Crippen LogP contribution in [-0.2, 0) is 4.79 Å². The van der Waals surface area contributed by atoms with Crippen molar-refractivity contribution < 1.29 is 9.90 Å². The number of nitrogens with one attached hydrogen (secondary N) is 1. The summed E-state index contributed by atoms with van der Waals surface area (Å²) in [7, 11) is 0. The van der Waals surface area contributed by atoms with Gasteiger partial charge in [-0.1, -0.05) is 6.92 Å². The third-order valence-electron chi connectivity index (χ3n) is 1.60. The molecule has 1 unspecified atom stereocenters. The van der Waals surface area contributed by atoms with Crippen LogP contribution >= 0.6 is 0 Å². The number of hydrogen-bond acceptors (Lipinski definition) is 3. The quantitative estimate of drug-likeness (QED) is 0.494. The average Bonchev–Trinajstić information content (AvgIpc) is 1.99. The van der Waals surface area contributed by atoms with Crippen LogP contribution in [0, 0.1) is 0 Å².